The molecule has 1 aliphatic carbocycles. The van der Waals surface area contributed by atoms with Crippen LogP contribution in [0.4, 0.5) is 0 Å². The fourth-order valence-electron chi connectivity index (χ4n) is 10.7. The maximum atomic E-state index is 5.55. The number of nitrogens with zero attached hydrogens (tertiary/aromatic N) is 4. The summed E-state index contributed by atoms with van der Waals surface area (Å²) in [6.07, 6.45) is 0.784. The van der Waals surface area contributed by atoms with Crippen LogP contribution in [-0.4, -0.2) is 19.5 Å². The molecule has 0 radical (unpaired) electrons. The normalized spacial score (nSPS) is 12.2. The van der Waals surface area contributed by atoms with Gasteiger partial charge < -0.3 is 4.57 Å². The van der Waals surface area contributed by atoms with Gasteiger partial charge in [0.2, 0.25) is 0 Å². The molecule has 2 aromatic heterocycles. The van der Waals surface area contributed by atoms with Crippen molar-refractivity contribution in [2.24, 2.45) is 0 Å². The van der Waals surface area contributed by atoms with Crippen LogP contribution < -0.4 is 0 Å². The fraction of sp³-hybridized carbons (Fsp3) is 0.0161. The lowest BCUT2D eigenvalue weighted by molar-refractivity contribution is 1.07. The molecule has 0 spiro atoms. The molecule has 0 atom stereocenters. The van der Waals surface area contributed by atoms with Crippen LogP contribution in [0.25, 0.3) is 128 Å². The summed E-state index contributed by atoms with van der Waals surface area (Å²) >= 11 is 0. The number of aromatic nitrogens is 4. The first-order chi connectivity index (χ1) is 32.7. The standard InChI is InChI=1S/C62H38N4/c1-3-14-38(15-4-1)46-33-47(39-16-5-2-6-17-39)35-48(34-46)61-63-60(42-29-26-41(27-30-42)44-31-28-40-18-7-8-19-43(40)32-44)64-62(65-61)54-37-53-50-22-10-12-25-56(50)66-55-24-11-9-21-49(55)51-23-13-20-45-36-52(54)58(57(45)51)59(53)66/h1-35,37H,36H2. The lowest BCUT2D eigenvalue weighted by atomic mass is 9.92. The maximum Gasteiger partial charge on any atom is 0.164 e. The number of hydrogen-bond acceptors (Lipinski definition) is 3. The summed E-state index contributed by atoms with van der Waals surface area (Å²) in [7, 11) is 0. The Morgan fingerprint density at radius 2 is 0.924 bits per heavy atom. The predicted molar refractivity (Wildman–Crippen MR) is 272 cm³/mol. The van der Waals surface area contributed by atoms with Crippen LogP contribution in [0, 0.1) is 0 Å². The molecule has 66 heavy (non-hydrogen) atoms. The van der Waals surface area contributed by atoms with E-state index in [0.717, 1.165) is 50.9 Å². The fourth-order valence-corrected chi connectivity index (χ4v) is 10.7. The first-order valence-corrected chi connectivity index (χ1v) is 22.6. The third kappa shape index (κ3) is 5.68. The molecule has 0 fully saturated rings. The number of fused-ring (bicyclic) bond motifs is 7. The van der Waals surface area contributed by atoms with Crippen molar-refractivity contribution < 1.29 is 0 Å². The van der Waals surface area contributed by atoms with Crippen LogP contribution in [0.5, 0.6) is 0 Å². The Labute approximate surface area is 381 Å². The zero-order chi connectivity index (χ0) is 43.3. The first kappa shape index (κ1) is 36.7. The average molecular weight is 839 g/mol. The first-order valence-electron chi connectivity index (χ1n) is 22.6. The molecule has 0 N–H and O–H groups in total. The Morgan fingerprint density at radius 1 is 0.333 bits per heavy atom. The van der Waals surface area contributed by atoms with E-state index in [-0.39, 0.29) is 0 Å². The van der Waals surface area contributed by atoms with Gasteiger partial charge in [0.25, 0.3) is 0 Å². The summed E-state index contributed by atoms with van der Waals surface area (Å²) in [5, 5.41) is 4.86. The topological polar surface area (TPSA) is 43.6 Å². The summed E-state index contributed by atoms with van der Waals surface area (Å²) in [5.41, 5.74) is 21.0. The highest BCUT2D eigenvalue weighted by molar-refractivity contribution is 6.19. The molecule has 0 saturated carbocycles. The van der Waals surface area contributed by atoms with E-state index in [0.29, 0.717) is 17.5 Å². The summed E-state index contributed by atoms with van der Waals surface area (Å²) in [6, 6.07) is 78.7. The Morgan fingerprint density at radius 3 is 1.71 bits per heavy atom. The van der Waals surface area contributed by atoms with E-state index in [1.807, 2.05) is 0 Å². The molecule has 2 aliphatic rings. The van der Waals surface area contributed by atoms with Crippen LogP contribution in [0.15, 0.2) is 218 Å². The molecular formula is C62H38N4. The van der Waals surface area contributed by atoms with E-state index >= 15 is 0 Å². The van der Waals surface area contributed by atoms with Crippen LogP contribution in [0.1, 0.15) is 11.1 Å². The molecule has 12 aromatic rings. The summed E-state index contributed by atoms with van der Waals surface area (Å²) in [4.78, 5) is 16.4. The molecule has 0 bridgehead atoms. The minimum absolute atomic E-state index is 0.632. The zero-order valence-corrected chi connectivity index (χ0v) is 35.8. The van der Waals surface area contributed by atoms with Crippen LogP contribution in [-0.2, 0) is 6.42 Å². The van der Waals surface area contributed by atoms with Crippen molar-refractivity contribution in [3.8, 4) is 95.5 Å². The van der Waals surface area contributed by atoms with Crippen molar-refractivity contribution >= 4 is 32.6 Å². The van der Waals surface area contributed by atoms with Gasteiger partial charge >= 0.3 is 0 Å². The Bertz CT molecular complexity index is 3880. The summed E-state index contributed by atoms with van der Waals surface area (Å²) in [5.74, 6) is 1.93. The van der Waals surface area contributed by atoms with Crippen LogP contribution >= 0.6 is 0 Å². The average Bonchev–Trinajstić information content (AvgIpc) is 3.91. The quantitative estimate of drug-likeness (QED) is 0.168. The van der Waals surface area contributed by atoms with Gasteiger partial charge in [-0.15, -0.1) is 0 Å². The molecule has 0 amide bonds. The van der Waals surface area contributed by atoms with Gasteiger partial charge in [0.05, 0.1) is 16.7 Å². The molecule has 4 heteroatoms. The van der Waals surface area contributed by atoms with E-state index in [4.69, 9.17) is 15.0 Å². The summed E-state index contributed by atoms with van der Waals surface area (Å²) < 4.78 is 2.50. The molecule has 306 valence electrons. The second-order valence-corrected chi connectivity index (χ2v) is 17.5. The number of para-hydroxylation sites is 2. The highest BCUT2D eigenvalue weighted by Gasteiger charge is 2.34. The predicted octanol–water partition coefficient (Wildman–Crippen LogP) is 15.7. The Kier molecular flexibility index (Phi) is 8.01. The van der Waals surface area contributed by atoms with Gasteiger partial charge in [-0.1, -0.05) is 176 Å². The smallest absolute Gasteiger partial charge is 0.164 e. The second-order valence-electron chi connectivity index (χ2n) is 17.5. The van der Waals surface area contributed by atoms with Gasteiger partial charge in [0.15, 0.2) is 17.5 Å². The van der Waals surface area contributed by atoms with Crippen molar-refractivity contribution in [2.45, 2.75) is 6.42 Å². The third-order valence-corrected chi connectivity index (χ3v) is 13.8. The SMILES string of the molecule is c1ccc(-c2cc(-c3ccccc3)cc(-c3nc(-c4ccc(-c5ccc6ccccc6c5)cc4)nc(-c4cc5c6ccccc6n6c5c5c4Cc4cccc(c4-5)-c4ccccc4-6)n3)c2)cc1. The van der Waals surface area contributed by atoms with E-state index < -0.39 is 0 Å². The molecular weight excluding hydrogens is 801 g/mol. The van der Waals surface area contributed by atoms with Crippen LogP contribution in [0.2, 0.25) is 0 Å². The largest absolute Gasteiger partial charge is 0.308 e. The Hall–Kier alpha value is -8.73. The van der Waals surface area contributed by atoms with Crippen LogP contribution in [0.3, 0.4) is 0 Å². The zero-order valence-electron chi connectivity index (χ0n) is 35.8. The van der Waals surface area contributed by atoms with E-state index in [1.54, 1.807) is 0 Å². The lowest BCUT2D eigenvalue weighted by Crippen LogP contribution is -2.03. The van der Waals surface area contributed by atoms with Gasteiger partial charge in [0, 0.05) is 38.6 Å². The number of hydrogen-bond donors (Lipinski definition) is 0. The second kappa shape index (κ2) is 14.4. The highest BCUT2D eigenvalue weighted by Crippen LogP contribution is 2.54. The van der Waals surface area contributed by atoms with Crippen molar-refractivity contribution in [3.05, 3.63) is 230 Å². The molecule has 4 nitrogen and oxygen atoms in total. The minimum atomic E-state index is 0.632. The molecule has 0 saturated heterocycles. The van der Waals surface area contributed by atoms with Crippen molar-refractivity contribution in [1.82, 2.24) is 19.5 Å². The molecule has 0 unspecified atom stereocenters. The summed E-state index contributed by atoms with van der Waals surface area (Å²) in [6.45, 7) is 0. The van der Waals surface area contributed by atoms with E-state index in [1.165, 1.54) is 77.2 Å². The highest BCUT2D eigenvalue weighted by atomic mass is 15.0. The van der Waals surface area contributed by atoms with Gasteiger partial charge in [-0.25, -0.2) is 15.0 Å². The monoisotopic (exact) mass is 838 g/mol. The van der Waals surface area contributed by atoms with E-state index in [2.05, 4.69) is 223 Å². The van der Waals surface area contributed by atoms with E-state index in [9.17, 15) is 0 Å². The molecule has 1 aliphatic heterocycles. The van der Waals surface area contributed by atoms with Crippen molar-refractivity contribution in [2.75, 3.05) is 0 Å². The Balaban J connectivity index is 1.03. The van der Waals surface area contributed by atoms with Gasteiger partial charge in [-0.3, -0.25) is 0 Å². The van der Waals surface area contributed by atoms with Crippen molar-refractivity contribution in [3.63, 3.8) is 0 Å². The number of rotatable bonds is 6. The lowest BCUT2D eigenvalue weighted by Gasteiger charge is -2.15. The molecule has 10 aromatic carbocycles. The van der Waals surface area contributed by atoms with Gasteiger partial charge in [-0.2, -0.15) is 0 Å². The molecule has 14 rings (SSSR count). The molecule has 3 heterocycles. The van der Waals surface area contributed by atoms with Gasteiger partial charge in [0.1, 0.15) is 0 Å². The minimum Gasteiger partial charge on any atom is -0.308 e. The maximum absolute atomic E-state index is 5.55. The number of benzene rings is 10. The van der Waals surface area contributed by atoms with Crippen molar-refractivity contribution in [1.29, 1.82) is 0 Å². The van der Waals surface area contributed by atoms with Gasteiger partial charge in [-0.05, 0) is 115 Å². The third-order valence-electron chi connectivity index (χ3n) is 13.8.